The van der Waals surface area contributed by atoms with E-state index in [1.54, 1.807) is 17.9 Å². The average Bonchev–Trinajstić information content (AvgIpc) is 3.11. The van der Waals surface area contributed by atoms with Crippen LogP contribution in [0.2, 0.25) is 0 Å². The normalized spacial score (nSPS) is 14.6. The highest BCUT2D eigenvalue weighted by molar-refractivity contribution is 5.89. The quantitative estimate of drug-likeness (QED) is 0.544. The highest BCUT2D eigenvalue weighted by Gasteiger charge is 2.18. The van der Waals surface area contributed by atoms with Crippen molar-refractivity contribution in [2.75, 3.05) is 38.2 Å². The Morgan fingerprint density at radius 1 is 1.14 bits per heavy atom. The van der Waals surface area contributed by atoms with E-state index in [0.29, 0.717) is 28.4 Å². The van der Waals surface area contributed by atoms with Crippen LogP contribution in [-0.2, 0) is 7.05 Å². The molecule has 4 aromatic rings. The van der Waals surface area contributed by atoms with E-state index >= 15 is 0 Å². The van der Waals surface area contributed by atoms with E-state index < -0.39 is 0 Å². The van der Waals surface area contributed by atoms with Gasteiger partial charge in [0.2, 0.25) is 5.88 Å². The molecule has 9 nitrogen and oxygen atoms in total. The van der Waals surface area contributed by atoms with Gasteiger partial charge in [-0.05, 0) is 12.1 Å². The summed E-state index contributed by atoms with van der Waals surface area (Å²) >= 11 is 0. The summed E-state index contributed by atoms with van der Waals surface area (Å²) in [6, 6.07) is 5.46. The van der Waals surface area contributed by atoms with Gasteiger partial charge in [-0.25, -0.2) is 9.97 Å². The zero-order chi connectivity index (χ0) is 20.0. The van der Waals surface area contributed by atoms with Crippen molar-refractivity contribution in [3.05, 3.63) is 30.6 Å². The Hall–Kier alpha value is -3.46. The van der Waals surface area contributed by atoms with Crippen LogP contribution >= 0.6 is 0 Å². The van der Waals surface area contributed by atoms with Crippen molar-refractivity contribution in [2.24, 2.45) is 7.05 Å². The van der Waals surface area contributed by atoms with Gasteiger partial charge in [0.05, 0.1) is 35.5 Å². The van der Waals surface area contributed by atoms with Crippen molar-refractivity contribution in [3.8, 4) is 23.0 Å². The molecule has 1 fully saturated rings. The van der Waals surface area contributed by atoms with Crippen molar-refractivity contribution < 1.29 is 9.84 Å². The number of pyridine rings is 1. The first kappa shape index (κ1) is 17.6. The maximum absolute atomic E-state index is 10.5. The van der Waals surface area contributed by atoms with Gasteiger partial charge < -0.3 is 20.1 Å². The summed E-state index contributed by atoms with van der Waals surface area (Å²) in [6.45, 7) is 3.74. The van der Waals surface area contributed by atoms with Gasteiger partial charge in [0.25, 0.3) is 0 Å². The smallest absolute Gasteiger partial charge is 0.226 e. The molecule has 0 spiro atoms. The first-order valence-corrected chi connectivity index (χ1v) is 9.46. The third-order valence-corrected chi connectivity index (χ3v) is 5.15. The molecule has 5 rings (SSSR count). The fourth-order valence-electron chi connectivity index (χ4n) is 3.71. The maximum Gasteiger partial charge on any atom is 0.226 e. The third-order valence-electron chi connectivity index (χ3n) is 5.15. The lowest BCUT2D eigenvalue weighted by molar-refractivity contribution is 0.403. The van der Waals surface area contributed by atoms with E-state index in [2.05, 4.69) is 30.3 Å². The number of benzene rings is 1. The van der Waals surface area contributed by atoms with Crippen LogP contribution in [0.25, 0.3) is 33.3 Å². The van der Waals surface area contributed by atoms with E-state index in [1.807, 2.05) is 31.6 Å². The summed E-state index contributed by atoms with van der Waals surface area (Å²) in [5.41, 5.74) is 2.77. The Kier molecular flexibility index (Phi) is 4.17. The molecular weight excluding hydrogens is 370 g/mol. The lowest BCUT2D eigenvalue weighted by Crippen LogP contribution is -2.43. The molecule has 0 saturated carbocycles. The number of phenols is 1. The number of aryl methyl sites for hydroxylation is 1. The number of fused-ring (bicyclic) bond motifs is 2. The van der Waals surface area contributed by atoms with Crippen molar-refractivity contribution in [1.29, 1.82) is 0 Å². The molecule has 1 aromatic carbocycles. The molecule has 2 N–H and O–H groups in total. The summed E-state index contributed by atoms with van der Waals surface area (Å²) in [5, 5.41) is 19.8. The number of anilines is 1. The average molecular weight is 391 g/mol. The summed E-state index contributed by atoms with van der Waals surface area (Å²) in [5.74, 6) is 0.857. The van der Waals surface area contributed by atoms with Gasteiger partial charge in [-0.1, -0.05) is 0 Å². The van der Waals surface area contributed by atoms with Crippen molar-refractivity contribution in [2.45, 2.75) is 0 Å². The lowest BCUT2D eigenvalue weighted by Gasteiger charge is -2.29. The summed E-state index contributed by atoms with van der Waals surface area (Å²) in [4.78, 5) is 16.0. The molecule has 29 heavy (non-hydrogen) atoms. The number of nitrogens with zero attached hydrogens (tertiary/aromatic N) is 6. The molecule has 3 aromatic heterocycles. The van der Waals surface area contributed by atoms with Gasteiger partial charge in [-0.2, -0.15) is 10.1 Å². The van der Waals surface area contributed by atoms with Crippen molar-refractivity contribution in [3.63, 3.8) is 0 Å². The monoisotopic (exact) mass is 391 g/mol. The number of nitrogens with one attached hydrogen (secondary N) is 1. The van der Waals surface area contributed by atoms with Crippen LogP contribution < -0.4 is 15.0 Å². The SMILES string of the molecule is COc1nc(-c2cc3cn(C)nc3cc2O)nc2ncc(N3CCNCC3)cc12. The van der Waals surface area contributed by atoms with Crippen LogP contribution in [-0.4, -0.2) is 63.1 Å². The number of piperazine rings is 1. The van der Waals surface area contributed by atoms with E-state index in [4.69, 9.17) is 4.74 Å². The van der Waals surface area contributed by atoms with Crippen LogP contribution in [0.5, 0.6) is 11.6 Å². The summed E-state index contributed by atoms with van der Waals surface area (Å²) < 4.78 is 7.25. The fourth-order valence-corrected chi connectivity index (χ4v) is 3.71. The molecule has 0 aliphatic carbocycles. The molecule has 1 aliphatic rings. The Morgan fingerprint density at radius 3 is 2.76 bits per heavy atom. The summed E-state index contributed by atoms with van der Waals surface area (Å²) in [6.07, 6.45) is 3.71. The van der Waals surface area contributed by atoms with E-state index in [1.165, 1.54) is 0 Å². The molecule has 0 unspecified atom stereocenters. The number of aromatic nitrogens is 5. The topological polar surface area (TPSA) is 101 Å². The predicted octanol–water partition coefficient (Wildman–Crippen LogP) is 1.70. The van der Waals surface area contributed by atoms with Crippen LogP contribution in [0.1, 0.15) is 0 Å². The Balaban J connectivity index is 1.63. The van der Waals surface area contributed by atoms with Crippen LogP contribution in [0.15, 0.2) is 30.6 Å². The van der Waals surface area contributed by atoms with Crippen molar-refractivity contribution in [1.82, 2.24) is 30.0 Å². The van der Waals surface area contributed by atoms with Gasteiger partial charge in [0.1, 0.15) is 5.75 Å². The minimum absolute atomic E-state index is 0.0649. The number of ether oxygens (including phenoxy) is 1. The number of hydrogen-bond donors (Lipinski definition) is 2. The third kappa shape index (κ3) is 3.09. The number of rotatable bonds is 3. The van der Waals surface area contributed by atoms with Gasteiger partial charge >= 0.3 is 0 Å². The highest BCUT2D eigenvalue weighted by Crippen LogP contribution is 2.34. The van der Waals surface area contributed by atoms with E-state index in [0.717, 1.165) is 42.6 Å². The van der Waals surface area contributed by atoms with E-state index in [-0.39, 0.29) is 5.75 Å². The molecule has 0 amide bonds. The number of phenolic OH excluding ortho intramolecular Hbond substituents is 1. The molecule has 148 valence electrons. The second-order valence-corrected chi connectivity index (χ2v) is 7.09. The number of hydrogen-bond acceptors (Lipinski definition) is 8. The molecule has 9 heteroatoms. The zero-order valence-electron chi connectivity index (χ0n) is 16.3. The Labute approximate surface area is 167 Å². The molecule has 1 aliphatic heterocycles. The summed E-state index contributed by atoms with van der Waals surface area (Å²) in [7, 11) is 3.42. The molecule has 4 heterocycles. The minimum atomic E-state index is 0.0649. The molecule has 0 atom stereocenters. The van der Waals surface area contributed by atoms with Crippen LogP contribution in [0.3, 0.4) is 0 Å². The molecule has 1 saturated heterocycles. The Morgan fingerprint density at radius 2 is 1.97 bits per heavy atom. The van der Waals surface area contributed by atoms with E-state index in [9.17, 15) is 5.11 Å². The maximum atomic E-state index is 10.5. The first-order valence-electron chi connectivity index (χ1n) is 9.46. The fraction of sp³-hybridized carbons (Fsp3) is 0.300. The number of aromatic hydroxyl groups is 1. The lowest BCUT2D eigenvalue weighted by atomic mass is 10.1. The first-order chi connectivity index (χ1) is 14.1. The second-order valence-electron chi connectivity index (χ2n) is 7.09. The standard InChI is InChI=1S/C20H21N7O2/c1-26-11-12-7-14(17(28)9-16(12)25-26)19-23-18-15(20(24-19)29-2)8-13(10-22-18)27-5-3-21-4-6-27/h7-11,21,28H,3-6H2,1-2H3. The highest BCUT2D eigenvalue weighted by atomic mass is 16.5. The predicted molar refractivity (Wildman–Crippen MR) is 110 cm³/mol. The largest absolute Gasteiger partial charge is 0.507 e. The van der Waals surface area contributed by atoms with Gasteiger partial charge in [0, 0.05) is 50.9 Å². The van der Waals surface area contributed by atoms with Crippen molar-refractivity contribution >= 4 is 27.6 Å². The molecular formula is C20H21N7O2. The van der Waals surface area contributed by atoms with Crippen LogP contribution in [0, 0.1) is 0 Å². The van der Waals surface area contributed by atoms with Crippen LogP contribution in [0.4, 0.5) is 5.69 Å². The molecule has 0 bridgehead atoms. The molecule has 0 radical (unpaired) electrons. The number of methoxy groups -OCH3 is 1. The van der Waals surface area contributed by atoms with Gasteiger partial charge in [-0.3, -0.25) is 4.68 Å². The second kappa shape index (κ2) is 6.85. The zero-order valence-corrected chi connectivity index (χ0v) is 16.3. The van der Waals surface area contributed by atoms with Gasteiger partial charge in [-0.15, -0.1) is 0 Å². The Bertz CT molecular complexity index is 1210. The van der Waals surface area contributed by atoms with Gasteiger partial charge in [0.15, 0.2) is 11.5 Å². The minimum Gasteiger partial charge on any atom is -0.507 e.